The zero-order valence-electron chi connectivity index (χ0n) is 10.4. The first-order valence-electron chi connectivity index (χ1n) is 5.91. The van der Waals surface area contributed by atoms with Crippen molar-refractivity contribution in [3.05, 3.63) is 62.0 Å². The van der Waals surface area contributed by atoms with E-state index in [-0.39, 0.29) is 11.3 Å². The fraction of sp³-hybridized carbons (Fsp3) is 0. The van der Waals surface area contributed by atoms with Crippen LogP contribution in [0.25, 0.3) is 0 Å². The average Bonchev–Trinajstić information content (AvgIpc) is 2.70. The molecule has 1 aliphatic heterocycles. The summed E-state index contributed by atoms with van der Waals surface area (Å²) >= 11 is 6.58. The summed E-state index contributed by atoms with van der Waals surface area (Å²) in [5.74, 6) is -0.844. The van der Waals surface area contributed by atoms with Crippen molar-refractivity contribution in [2.45, 2.75) is 0 Å². The Morgan fingerprint density at radius 1 is 0.905 bits per heavy atom. The van der Waals surface area contributed by atoms with E-state index in [0.29, 0.717) is 15.6 Å². The van der Waals surface area contributed by atoms with Crippen molar-refractivity contribution in [3.63, 3.8) is 0 Å². The van der Waals surface area contributed by atoms with Crippen molar-refractivity contribution < 1.29 is 9.59 Å². The van der Waals surface area contributed by atoms with Crippen molar-refractivity contribution in [2.75, 3.05) is 4.90 Å². The zero-order chi connectivity index (χ0) is 15.1. The summed E-state index contributed by atoms with van der Waals surface area (Å²) in [6, 6.07) is 11.8. The second-order valence-electron chi connectivity index (χ2n) is 4.41. The molecule has 21 heavy (non-hydrogen) atoms. The number of carbonyl (C=O) groups excluding carboxylic acids is 2. The Morgan fingerprint density at radius 3 is 2.24 bits per heavy atom. The van der Waals surface area contributed by atoms with E-state index in [1.54, 1.807) is 36.4 Å². The maximum atomic E-state index is 12.5. The molecule has 1 aliphatic rings. The second kappa shape index (κ2) is 5.10. The molecule has 1 heterocycles. The first-order valence-corrected chi connectivity index (χ1v) is 7.49. The fourth-order valence-corrected chi connectivity index (χ4v) is 2.93. The molecule has 0 aromatic heterocycles. The highest BCUT2D eigenvalue weighted by Gasteiger charge is 2.37. The van der Waals surface area contributed by atoms with Crippen molar-refractivity contribution in [3.8, 4) is 6.07 Å². The van der Waals surface area contributed by atoms with Gasteiger partial charge in [0.2, 0.25) is 0 Å². The molecule has 0 fully saturated rings. The van der Waals surface area contributed by atoms with Crippen LogP contribution < -0.4 is 4.90 Å². The lowest BCUT2D eigenvalue weighted by atomic mass is 10.1. The lowest BCUT2D eigenvalue weighted by Gasteiger charge is -2.15. The van der Waals surface area contributed by atoms with Crippen LogP contribution in [0, 0.1) is 11.3 Å². The van der Waals surface area contributed by atoms with Gasteiger partial charge in [-0.25, -0.2) is 4.90 Å². The molecule has 0 unspecified atom stereocenters. The van der Waals surface area contributed by atoms with E-state index in [2.05, 4.69) is 31.9 Å². The van der Waals surface area contributed by atoms with E-state index in [0.717, 1.165) is 9.37 Å². The van der Waals surface area contributed by atoms with Crippen LogP contribution in [0.2, 0.25) is 0 Å². The molecule has 0 atom stereocenters. The average molecular weight is 406 g/mol. The lowest BCUT2D eigenvalue weighted by Crippen LogP contribution is -2.30. The van der Waals surface area contributed by atoms with E-state index < -0.39 is 11.8 Å². The van der Waals surface area contributed by atoms with Gasteiger partial charge in [-0.15, -0.1) is 0 Å². The van der Waals surface area contributed by atoms with Crippen molar-refractivity contribution in [1.29, 1.82) is 5.26 Å². The van der Waals surface area contributed by atoms with Crippen molar-refractivity contribution >= 4 is 49.4 Å². The summed E-state index contributed by atoms with van der Waals surface area (Å²) in [7, 11) is 0. The molecule has 3 rings (SSSR count). The van der Waals surface area contributed by atoms with Gasteiger partial charge in [-0.2, -0.15) is 5.26 Å². The Balaban J connectivity index is 2.19. The number of hydrogen-bond donors (Lipinski definition) is 0. The van der Waals surface area contributed by atoms with Gasteiger partial charge in [0.15, 0.2) is 0 Å². The lowest BCUT2D eigenvalue weighted by molar-refractivity contribution is 0.0926. The molecule has 2 amide bonds. The number of benzene rings is 2. The van der Waals surface area contributed by atoms with Gasteiger partial charge >= 0.3 is 0 Å². The predicted octanol–water partition coefficient (Wildman–Crippen LogP) is 3.88. The van der Waals surface area contributed by atoms with Crippen LogP contribution in [0.15, 0.2) is 45.3 Å². The molecule has 0 aliphatic carbocycles. The highest BCUT2D eigenvalue weighted by Crippen LogP contribution is 2.33. The van der Waals surface area contributed by atoms with Gasteiger partial charge in [0, 0.05) is 8.95 Å². The number of imide groups is 1. The molecule has 6 heteroatoms. The standard InChI is InChI=1S/C15H6Br2N2O2/c16-9-3-4-11-12(5-9)15(21)19(14(11)20)13-6-10(17)2-1-8(13)7-18/h1-6H. The van der Waals surface area contributed by atoms with E-state index >= 15 is 0 Å². The summed E-state index contributed by atoms with van der Waals surface area (Å²) in [6.45, 7) is 0. The van der Waals surface area contributed by atoms with Crippen LogP contribution in [0.1, 0.15) is 26.3 Å². The molecule has 0 radical (unpaired) electrons. The van der Waals surface area contributed by atoms with Crippen LogP contribution in [0.3, 0.4) is 0 Å². The first-order chi connectivity index (χ1) is 10.0. The third kappa shape index (κ3) is 2.19. The maximum absolute atomic E-state index is 12.5. The molecule has 102 valence electrons. The number of amides is 2. The third-order valence-electron chi connectivity index (χ3n) is 3.17. The third-order valence-corrected chi connectivity index (χ3v) is 4.16. The molecule has 0 spiro atoms. The minimum Gasteiger partial charge on any atom is -0.268 e. The number of anilines is 1. The Hall–Kier alpha value is -1.97. The Kier molecular flexibility index (Phi) is 3.40. The van der Waals surface area contributed by atoms with Crippen LogP contribution in [0.5, 0.6) is 0 Å². The highest BCUT2D eigenvalue weighted by molar-refractivity contribution is 9.10. The smallest absolute Gasteiger partial charge is 0.266 e. The normalized spacial score (nSPS) is 13.3. The Labute approximate surface area is 137 Å². The van der Waals surface area contributed by atoms with Gasteiger partial charge in [-0.05, 0) is 36.4 Å². The fourth-order valence-electron chi connectivity index (χ4n) is 2.22. The molecule has 4 nitrogen and oxygen atoms in total. The molecule has 0 saturated heterocycles. The van der Waals surface area contributed by atoms with Gasteiger partial charge in [0.1, 0.15) is 6.07 Å². The molecule has 2 aromatic carbocycles. The van der Waals surface area contributed by atoms with Crippen LogP contribution >= 0.6 is 31.9 Å². The highest BCUT2D eigenvalue weighted by atomic mass is 79.9. The zero-order valence-corrected chi connectivity index (χ0v) is 13.6. The van der Waals surface area contributed by atoms with Crippen LogP contribution in [0.4, 0.5) is 5.69 Å². The minimum atomic E-state index is -0.425. The summed E-state index contributed by atoms with van der Waals surface area (Å²) in [5.41, 5.74) is 1.23. The van der Waals surface area contributed by atoms with Crippen LogP contribution in [-0.2, 0) is 0 Å². The van der Waals surface area contributed by atoms with E-state index in [1.807, 2.05) is 6.07 Å². The van der Waals surface area contributed by atoms with Gasteiger partial charge in [0.05, 0.1) is 22.4 Å². The van der Waals surface area contributed by atoms with E-state index in [9.17, 15) is 14.9 Å². The summed E-state index contributed by atoms with van der Waals surface area (Å²) < 4.78 is 1.41. The number of carbonyl (C=O) groups is 2. The summed E-state index contributed by atoms with van der Waals surface area (Å²) in [4.78, 5) is 26.0. The summed E-state index contributed by atoms with van der Waals surface area (Å²) in [6.07, 6.45) is 0. The van der Waals surface area contributed by atoms with Gasteiger partial charge in [-0.3, -0.25) is 9.59 Å². The van der Waals surface area contributed by atoms with Gasteiger partial charge < -0.3 is 0 Å². The Morgan fingerprint density at radius 2 is 1.52 bits per heavy atom. The van der Waals surface area contributed by atoms with Crippen LogP contribution in [-0.4, -0.2) is 11.8 Å². The number of hydrogen-bond acceptors (Lipinski definition) is 3. The first kappa shape index (κ1) is 14.0. The van der Waals surface area contributed by atoms with E-state index in [1.165, 1.54) is 0 Å². The molecule has 0 bridgehead atoms. The topological polar surface area (TPSA) is 61.2 Å². The van der Waals surface area contributed by atoms with Gasteiger partial charge in [-0.1, -0.05) is 31.9 Å². The molecule has 2 aromatic rings. The minimum absolute atomic E-state index is 0.270. The molecule has 0 N–H and O–H groups in total. The largest absolute Gasteiger partial charge is 0.268 e. The number of rotatable bonds is 1. The molecule has 0 saturated carbocycles. The van der Waals surface area contributed by atoms with Crippen molar-refractivity contribution in [1.82, 2.24) is 0 Å². The number of fused-ring (bicyclic) bond motifs is 1. The van der Waals surface area contributed by atoms with Crippen molar-refractivity contribution in [2.24, 2.45) is 0 Å². The molecular formula is C15H6Br2N2O2. The van der Waals surface area contributed by atoms with Gasteiger partial charge in [0.25, 0.3) is 11.8 Å². The predicted molar refractivity (Wildman–Crippen MR) is 84.1 cm³/mol. The number of halogens is 2. The second-order valence-corrected chi connectivity index (χ2v) is 6.24. The summed E-state index contributed by atoms with van der Waals surface area (Å²) in [5, 5.41) is 9.18. The van der Waals surface area contributed by atoms with E-state index in [4.69, 9.17) is 0 Å². The Bertz CT molecular complexity index is 840. The maximum Gasteiger partial charge on any atom is 0.266 e. The SMILES string of the molecule is N#Cc1ccc(Br)cc1N1C(=O)c2ccc(Br)cc2C1=O. The quantitative estimate of drug-likeness (QED) is 0.676. The number of nitriles is 1. The monoisotopic (exact) mass is 404 g/mol. The number of nitrogens with zero attached hydrogens (tertiary/aromatic N) is 2. The molecular weight excluding hydrogens is 400 g/mol.